The first kappa shape index (κ1) is 22.8. The SMILES string of the molecule is COc1cccc(C2C(C(=O)C=Cc3ccco3)=C(O)C(=O)N2CCCN2CCOCC2)c1. The molecule has 1 fully saturated rings. The topological polar surface area (TPSA) is 92.5 Å². The second-order valence-corrected chi connectivity index (χ2v) is 7.96. The zero-order chi connectivity index (χ0) is 23.2. The van der Waals surface area contributed by atoms with Crippen LogP contribution in [0.15, 0.2) is 64.5 Å². The number of morpholine rings is 1. The van der Waals surface area contributed by atoms with Crippen molar-refractivity contribution < 1.29 is 28.6 Å². The van der Waals surface area contributed by atoms with Crippen LogP contribution in [0.5, 0.6) is 5.75 Å². The Hall–Kier alpha value is -3.36. The van der Waals surface area contributed by atoms with Gasteiger partial charge in [-0.25, -0.2) is 0 Å². The number of benzene rings is 1. The Kier molecular flexibility index (Phi) is 7.26. The highest BCUT2D eigenvalue weighted by Crippen LogP contribution is 2.39. The maximum absolute atomic E-state index is 13.1. The zero-order valence-electron chi connectivity index (χ0n) is 18.6. The number of hydrogen-bond acceptors (Lipinski definition) is 7. The fourth-order valence-electron chi connectivity index (χ4n) is 4.22. The normalized spacial score (nSPS) is 19.6. The number of allylic oxidation sites excluding steroid dienone is 1. The molecular formula is C25H28N2O6. The molecule has 0 saturated carbocycles. The number of methoxy groups -OCH3 is 1. The molecule has 0 radical (unpaired) electrons. The third kappa shape index (κ3) is 5.18. The van der Waals surface area contributed by atoms with E-state index in [0.29, 0.717) is 43.3 Å². The number of carbonyl (C=O) groups is 2. The molecule has 1 N–H and O–H groups in total. The van der Waals surface area contributed by atoms with Crippen molar-refractivity contribution >= 4 is 17.8 Å². The van der Waals surface area contributed by atoms with Crippen molar-refractivity contribution in [1.82, 2.24) is 9.80 Å². The highest BCUT2D eigenvalue weighted by atomic mass is 16.5. The van der Waals surface area contributed by atoms with Gasteiger partial charge in [0, 0.05) is 26.2 Å². The highest BCUT2D eigenvalue weighted by molar-refractivity contribution is 6.14. The number of nitrogens with zero attached hydrogens (tertiary/aromatic N) is 2. The van der Waals surface area contributed by atoms with Crippen LogP contribution in [-0.2, 0) is 14.3 Å². The molecule has 1 unspecified atom stereocenters. The van der Waals surface area contributed by atoms with E-state index >= 15 is 0 Å². The van der Waals surface area contributed by atoms with E-state index in [-0.39, 0.29) is 5.57 Å². The van der Waals surface area contributed by atoms with Crippen molar-refractivity contribution in [1.29, 1.82) is 0 Å². The Morgan fingerprint density at radius 2 is 2.03 bits per heavy atom. The predicted molar refractivity (Wildman–Crippen MR) is 122 cm³/mol. The minimum atomic E-state index is -0.703. The van der Waals surface area contributed by atoms with E-state index < -0.39 is 23.5 Å². The second kappa shape index (κ2) is 10.5. The summed E-state index contributed by atoms with van der Waals surface area (Å²) in [4.78, 5) is 30.0. The summed E-state index contributed by atoms with van der Waals surface area (Å²) < 4.78 is 16.0. The van der Waals surface area contributed by atoms with Gasteiger partial charge in [0.15, 0.2) is 11.5 Å². The summed E-state index contributed by atoms with van der Waals surface area (Å²) in [5.74, 6) is -0.380. The van der Waals surface area contributed by atoms with Gasteiger partial charge in [0.2, 0.25) is 0 Å². The van der Waals surface area contributed by atoms with Crippen molar-refractivity contribution in [3.8, 4) is 5.75 Å². The van der Waals surface area contributed by atoms with Crippen LogP contribution in [0.1, 0.15) is 23.8 Å². The van der Waals surface area contributed by atoms with Crippen LogP contribution in [0, 0.1) is 0 Å². The first-order valence-electron chi connectivity index (χ1n) is 11.0. The Morgan fingerprint density at radius 3 is 2.76 bits per heavy atom. The minimum absolute atomic E-state index is 0.0578. The molecule has 3 heterocycles. The molecule has 0 spiro atoms. The van der Waals surface area contributed by atoms with E-state index in [1.807, 2.05) is 6.07 Å². The molecular weight excluding hydrogens is 424 g/mol. The van der Waals surface area contributed by atoms with Crippen molar-refractivity contribution in [2.75, 3.05) is 46.5 Å². The van der Waals surface area contributed by atoms with E-state index in [9.17, 15) is 14.7 Å². The van der Waals surface area contributed by atoms with E-state index in [1.54, 1.807) is 42.3 Å². The van der Waals surface area contributed by atoms with E-state index in [4.69, 9.17) is 13.9 Å². The maximum Gasteiger partial charge on any atom is 0.290 e. The largest absolute Gasteiger partial charge is 0.503 e. The fraction of sp³-hybridized carbons (Fsp3) is 0.360. The van der Waals surface area contributed by atoms with Gasteiger partial charge in [-0.2, -0.15) is 0 Å². The summed E-state index contributed by atoms with van der Waals surface area (Å²) in [6.07, 6.45) is 5.07. The lowest BCUT2D eigenvalue weighted by Gasteiger charge is -2.30. The molecule has 0 aliphatic carbocycles. The number of hydrogen-bond donors (Lipinski definition) is 1. The van der Waals surface area contributed by atoms with E-state index in [0.717, 1.165) is 19.6 Å². The molecule has 174 valence electrons. The zero-order valence-corrected chi connectivity index (χ0v) is 18.6. The van der Waals surface area contributed by atoms with Crippen LogP contribution in [0.3, 0.4) is 0 Å². The summed E-state index contributed by atoms with van der Waals surface area (Å²) in [5.41, 5.74) is 0.760. The molecule has 8 heteroatoms. The molecule has 1 saturated heterocycles. The van der Waals surface area contributed by atoms with Crippen LogP contribution in [-0.4, -0.2) is 73.1 Å². The number of amides is 1. The van der Waals surface area contributed by atoms with Gasteiger partial charge in [-0.15, -0.1) is 0 Å². The Morgan fingerprint density at radius 1 is 1.21 bits per heavy atom. The van der Waals surface area contributed by atoms with Crippen LogP contribution >= 0.6 is 0 Å². The van der Waals surface area contributed by atoms with Gasteiger partial charge in [-0.1, -0.05) is 12.1 Å². The lowest BCUT2D eigenvalue weighted by Crippen LogP contribution is -2.39. The number of furan rings is 1. The number of ketones is 1. The highest BCUT2D eigenvalue weighted by Gasteiger charge is 2.42. The maximum atomic E-state index is 13.1. The second-order valence-electron chi connectivity index (χ2n) is 7.96. The first-order valence-corrected chi connectivity index (χ1v) is 11.0. The third-order valence-electron chi connectivity index (χ3n) is 5.90. The number of ether oxygens (including phenoxy) is 2. The minimum Gasteiger partial charge on any atom is -0.503 e. The third-order valence-corrected chi connectivity index (χ3v) is 5.90. The standard InChI is InChI=1S/C25H28N2O6/c1-31-20-6-2-5-18(17-20)23-22(21(28)9-8-19-7-3-14-33-19)24(29)25(30)27(23)11-4-10-26-12-15-32-16-13-26/h2-3,5-9,14,17,23,29H,4,10-13,15-16H2,1H3. The van der Waals surface area contributed by atoms with Crippen molar-refractivity contribution in [3.63, 3.8) is 0 Å². The van der Waals surface area contributed by atoms with Crippen LogP contribution in [0.25, 0.3) is 6.08 Å². The molecule has 8 nitrogen and oxygen atoms in total. The predicted octanol–water partition coefficient (Wildman–Crippen LogP) is 2.99. The Balaban J connectivity index is 1.58. The molecule has 4 rings (SSSR count). The molecule has 2 aliphatic heterocycles. The molecule has 1 aromatic carbocycles. The van der Waals surface area contributed by atoms with Crippen molar-refractivity contribution in [3.05, 3.63) is 71.4 Å². The molecule has 1 amide bonds. The van der Waals surface area contributed by atoms with Gasteiger partial charge in [0.1, 0.15) is 11.5 Å². The number of rotatable bonds is 9. The quantitative estimate of drug-likeness (QED) is 0.585. The van der Waals surface area contributed by atoms with Gasteiger partial charge in [0.05, 0.1) is 38.2 Å². The lowest BCUT2D eigenvalue weighted by atomic mass is 9.95. The van der Waals surface area contributed by atoms with Gasteiger partial charge in [-0.05, 0) is 48.4 Å². The summed E-state index contributed by atoms with van der Waals surface area (Å²) in [7, 11) is 1.56. The molecule has 1 aromatic heterocycles. The average Bonchev–Trinajstić information content (AvgIpc) is 3.45. The van der Waals surface area contributed by atoms with E-state index in [1.165, 1.54) is 18.4 Å². The molecule has 1 atom stereocenters. The Labute approximate surface area is 192 Å². The first-order chi connectivity index (χ1) is 16.1. The smallest absolute Gasteiger partial charge is 0.290 e. The van der Waals surface area contributed by atoms with Crippen molar-refractivity contribution in [2.24, 2.45) is 0 Å². The van der Waals surface area contributed by atoms with Gasteiger partial charge >= 0.3 is 0 Å². The summed E-state index contributed by atoms with van der Waals surface area (Å²) in [6.45, 7) is 4.34. The van der Waals surface area contributed by atoms with Gasteiger partial charge in [0.25, 0.3) is 5.91 Å². The van der Waals surface area contributed by atoms with Crippen molar-refractivity contribution in [2.45, 2.75) is 12.5 Å². The van der Waals surface area contributed by atoms with Crippen LogP contribution in [0.2, 0.25) is 0 Å². The van der Waals surface area contributed by atoms with Crippen LogP contribution in [0.4, 0.5) is 0 Å². The summed E-state index contributed by atoms with van der Waals surface area (Å²) in [5, 5.41) is 10.7. The van der Waals surface area contributed by atoms with E-state index in [2.05, 4.69) is 4.90 Å². The fourth-order valence-corrected chi connectivity index (χ4v) is 4.22. The Bertz CT molecular complexity index is 1040. The summed E-state index contributed by atoms with van der Waals surface area (Å²) >= 11 is 0. The molecule has 2 aliphatic rings. The molecule has 33 heavy (non-hydrogen) atoms. The van der Waals surface area contributed by atoms with Crippen LogP contribution < -0.4 is 4.74 Å². The monoisotopic (exact) mass is 452 g/mol. The number of aliphatic hydroxyl groups is 1. The van der Waals surface area contributed by atoms with Gasteiger partial charge < -0.3 is 23.9 Å². The molecule has 2 aromatic rings. The molecule has 0 bridgehead atoms. The summed E-state index contributed by atoms with van der Waals surface area (Å²) in [6, 6.07) is 9.95. The average molecular weight is 453 g/mol. The lowest BCUT2D eigenvalue weighted by molar-refractivity contribution is -0.129. The number of carbonyl (C=O) groups excluding carboxylic acids is 2. The van der Waals surface area contributed by atoms with Gasteiger partial charge in [-0.3, -0.25) is 14.5 Å². The number of aliphatic hydroxyl groups excluding tert-OH is 1.